The number of anilines is 1. The van der Waals surface area contributed by atoms with Crippen LogP contribution < -0.4 is 5.32 Å². The summed E-state index contributed by atoms with van der Waals surface area (Å²) >= 11 is 0. The average Bonchev–Trinajstić information content (AvgIpc) is 3.02. The Bertz CT molecular complexity index is 1010. The van der Waals surface area contributed by atoms with Crippen LogP contribution in [-0.2, 0) is 28.9 Å². The van der Waals surface area contributed by atoms with Crippen molar-refractivity contribution in [2.45, 2.75) is 38.7 Å². The summed E-state index contributed by atoms with van der Waals surface area (Å²) in [7, 11) is 0. The number of hydrogen-bond donors (Lipinski definition) is 2. The first-order chi connectivity index (χ1) is 13.9. The van der Waals surface area contributed by atoms with E-state index < -0.39 is 11.7 Å². The van der Waals surface area contributed by atoms with Crippen LogP contribution in [0.3, 0.4) is 0 Å². The largest absolute Gasteiger partial charge is 0.416 e. The number of benzene rings is 2. The van der Waals surface area contributed by atoms with E-state index in [4.69, 9.17) is 4.74 Å². The Morgan fingerprint density at radius 2 is 1.76 bits per heavy atom. The molecular weight excluding hydrogens is 381 g/mol. The molecule has 0 spiro atoms. The van der Waals surface area contributed by atoms with Gasteiger partial charge in [0.1, 0.15) is 0 Å². The first-order valence-corrected chi connectivity index (χ1v) is 9.55. The third kappa shape index (κ3) is 4.45. The Balaban J connectivity index is 1.38. The molecule has 4 nitrogen and oxygen atoms in total. The molecule has 1 amide bonds. The van der Waals surface area contributed by atoms with Gasteiger partial charge >= 0.3 is 6.18 Å². The molecule has 29 heavy (non-hydrogen) atoms. The van der Waals surface area contributed by atoms with Crippen molar-refractivity contribution in [3.8, 4) is 0 Å². The zero-order valence-electron chi connectivity index (χ0n) is 15.7. The second-order valence-corrected chi connectivity index (χ2v) is 7.39. The summed E-state index contributed by atoms with van der Waals surface area (Å²) in [5, 5.41) is 3.90. The standard InChI is InChI=1S/C22H21F3N2O2/c23-22(24,25)17-7-4-14(5-8-17)12-29-13-15-6-9-19-18(10-15)20(11-26-19)27-21(28)16-2-1-3-16/h4-11,16,26H,1-3,12-13H2,(H,27,28). The smallest absolute Gasteiger partial charge is 0.372 e. The lowest BCUT2D eigenvalue weighted by molar-refractivity contribution is -0.137. The van der Waals surface area contributed by atoms with Crippen LogP contribution in [0.15, 0.2) is 48.7 Å². The molecular formula is C22H21F3N2O2. The number of aromatic nitrogens is 1. The predicted molar refractivity (Wildman–Crippen MR) is 104 cm³/mol. The number of fused-ring (bicyclic) bond motifs is 1. The molecule has 0 radical (unpaired) electrons. The lowest BCUT2D eigenvalue weighted by Crippen LogP contribution is -2.27. The monoisotopic (exact) mass is 402 g/mol. The molecule has 2 aromatic carbocycles. The molecule has 1 saturated carbocycles. The molecule has 0 atom stereocenters. The summed E-state index contributed by atoms with van der Waals surface area (Å²) in [4.78, 5) is 15.4. The first kappa shape index (κ1) is 19.5. The molecule has 3 aromatic rings. The predicted octanol–water partition coefficient (Wildman–Crippen LogP) is 5.64. The van der Waals surface area contributed by atoms with Gasteiger partial charge in [0, 0.05) is 23.0 Å². The van der Waals surface area contributed by atoms with Crippen LogP contribution in [0.25, 0.3) is 10.9 Å². The molecule has 0 saturated heterocycles. The lowest BCUT2D eigenvalue weighted by Gasteiger charge is -2.23. The van der Waals surface area contributed by atoms with Crippen LogP contribution in [0.5, 0.6) is 0 Å². The van der Waals surface area contributed by atoms with Crippen molar-refractivity contribution in [2.75, 3.05) is 5.32 Å². The van der Waals surface area contributed by atoms with Crippen molar-refractivity contribution in [3.05, 3.63) is 65.4 Å². The SMILES string of the molecule is O=C(Nc1c[nH]c2ccc(COCc3ccc(C(F)(F)F)cc3)cc12)C1CCC1. The van der Waals surface area contributed by atoms with Crippen molar-refractivity contribution in [2.24, 2.45) is 5.92 Å². The molecule has 152 valence electrons. The summed E-state index contributed by atoms with van der Waals surface area (Å²) in [6.07, 6.45) is 0.437. The van der Waals surface area contributed by atoms with Crippen LogP contribution >= 0.6 is 0 Å². The highest BCUT2D eigenvalue weighted by atomic mass is 19.4. The van der Waals surface area contributed by atoms with Crippen LogP contribution in [0.1, 0.15) is 36.0 Å². The van der Waals surface area contributed by atoms with Gasteiger partial charge in [-0.15, -0.1) is 0 Å². The highest BCUT2D eigenvalue weighted by Crippen LogP contribution is 2.31. The maximum absolute atomic E-state index is 12.6. The van der Waals surface area contributed by atoms with Gasteiger partial charge < -0.3 is 15.0 Å². The normalized spacial score (nSPS) is 14.7. The van der Waals surface area contributed by atoms with Crippen molar-refractivity contribution < 1.29 is 22.7 Å². The summed E-state index contributed by atoms with van der Waals surface area (Å²) in [5.41, 5.74) is 2.59. The molecule has 2 N–H and O–H groups in total. The molecule has 1 heterocycles. The molecule has 1 aliphatic carbocycles. The van der Waals surface area contributed by atoms with E-state index >= 15 is 0 Å². The van der Waals surface area contributed by atoms with Crippen molar-refractivity contribution in [3.63, 3.8) is 0 Å². The van der Waals surface area contributed by atoms with Crippen LogP contribution in [-0.4, -0.2) is 10.9 Å². The number of carbonyl (C=O) groups excluding carboxylic acids is 1. The maximum Gasteiger partial charge on any atom is 0.416 e. The number of aromatic amines is 1. The number of amides is 1. The van der Waals surface area contributed by atoms with Gasteiger partial charge in [0.2, 0.25) is 5.91 Å². The molecule has 4 rings (SSSR count). The molecule has 0 unspecified atom stereocenters. The highest BCUT2D eigenvalue weighted by molar-refractivity contribution is 6.02. The van der Waals surface area contributed by atoms with Gasteiger partial charge in [-0.25, -0.2) is 0 Å². The quantitative estimate of drug-likeness (QED) is 0.560. The van der Waals surface area contributed by atoms with E-state index in [1.165, 1.54) is 12.1 Å². The third-order valence-electron chi connectivity index (χ3n) is 5.30. The number of halogens is 3. The highest BCUT2D eigenvalue weighted by Gasteiger charge is 2.30. The van der Waals surface area contributed by atoms with Crippen LogP contribution in [0, 0.1) is 5.92 Å². The van der Waals surface area contributed by atoms with E-state index in [1.807, 2.05) is 18.2 Å². The van der Waals surface area contributed by atoms with Gasteiger partial charge in [-0.05, 0) is 48.2 Å². The van der Waals surface area contributed by atoms with Crippen molar-refractivity contribution in [1.29, 1.82) is 0 Å². The third-order valence-corrected chi connectivity index (χ3v) is 5.30. The zero-order valence-corrected chi connectivity index (χ0v) is 15.7. The summed E-state index contributed by atoms with van der Waals surface area (Å²) in [6, 6.07) is 10.8. The van der Waals surface area contributed by atoms with Crippen molar-refractivity contribution >= 4 is 22.5 Å². The Morgan fingerprint density at radius 1 is 1.07 bits per heavy atom. The van der Waals surface area contributed by atoms with E-state index in [0.29, 0.717) is 12.2 Å². The number of hydrogen-bond acceptors (Lipinski definition) is 2. The molecule has 1 fully saturated rings. The summed E-state index contributed by atoms with van der Waals surface area (Å²) in [5.74, 6) is 0.163. The number of alkyl halides is 3. The fraction of sp³-hybridized carbons (Fsp3) is 0.318. The second kappa shape index (κ2) is 7.91. The fourth-order valence-electron chi connectivity index (χ4n) is 3.34. The molecule has 7 heteroatoms. The first-order valence-electron chi connectivity index (χ1n) is 9.55. The van der Waals surface area contributed by atoms with Gasteiger partial charge in [-0.3, -0.25) is 4.79 Å². The van der Waals surface area contributed by atoms with Gasteiger partial charge in [0.25, 0.3) is 0 Å². The van der Waals surface area contributed by atoms with Crippen LogP contribution in [0.2, 0.25) is 0 Å². The zero-order chi connectivity index (χ0) is 20.4. The van der Waals surface area contributed by atoms with Gasteiger partial charge in [-0.2, -0.15) is 13.2 Å². The number of H-pyrrole nitrogens is 1. The van der Waals surface area contributed by atoms with Crippen molar-refractivity contribution in [1.82, 2.24) is 4.98 Å². The van der Waals surface area contributed by atoms with Gasteiger partial charge in [0.05, 0.1) is 24.5 Å². The lowest BCUT2D eigenvalue weighted by atomic mass is 9.85. The second-order valence-electron chi connectivity index (χ2n) is 7.39. The Kier molecular flexibility index (Phi) is 5.32. The Hall–Kier alpha value is -2.80. The van der Waals surface area contributed by atoms with Gasteiger partial charge in [0.15, 0.2) is 0 Å². The molecule has 0 bridgehead atoms. The summed E-state index contributed by atoms with van der Waals surface area (Å²) in [6.45, 7) is 0.534. The average molecular weight is 402 g/mol. The summed E-state index contributed by atoms with van der Waals surface area (Å²) < 4.78 is 43.5. The van der Waals surface area contributed by atoms with E-state index in [-0.39, 0.29) is 18.4 Å². The van der Waals surface area contributed by atoms with E-state index in [9.17, 15) is 18.0 Å². The van der Waals surface area contributed by atoms with E-state index in [0.717, 1.165) is 53.5 Å². The number of nitrogens with one attached hydrogen (secondary N) is 2. The topological polar surface area (TPSA) is 54.1 Å². The minimum absolute atomic E-state index is 0.0566. The molecule has 1 aliphatic rings. The fourth-order valence-corrected chi connectivity index (χ4v) is 3.34. The minimum atomic E-state index is -4.34. The Morgan fingerprint density at radius 3 is 2.41 bits per heavy atom. The number of ether oxygens (including phenoxy) is 1. The minimum Gasteiger partial charge on any atom is -0.372 e. The van der Waals surface area contributed by atoms with Gasteiger partial charge in [-0.1, -0.05) is 24.6 Å². The molecule has 1 aromatic heterocycles. The molecule has 0 aliphatic heterocycles. The number of carbonyl (C=O) groups is 1. The maximum atomic E-state index is 12.6. The number of rotatable bonds is 6. The van der Waals surface area contributed by atoms with E-state index in [1.54, 1.807) is 6.20 Å². The van der Waals surface area contributed by atoms with Crippen LogP contribution in [0.4, 0.5) is 18.9 Å². The van der Waals surface area contributed by atoms with E-state index in [2.05, 4.69) is 10.3 Å². The Labute approximate surface area is 166 Å².